The molecule has 0 saturated carbocycles. The molecule has 1 aromatic carbocycles. The average molecular weight is 344 g/mol. The molecular weight excluding hydrogens is 330 g/mol. The quantitative estimate of drug-likeness (QED) is 0.788. The zero-order valence-corrected chi connectivity index (χ0v) is 13.1. The Balaban J connectivity index is 2.26. The normalized spacial score (nSPS) is 11.0. The Morgan fingerprint density at radius 1 is 1.29 bits per heavy atom. The van der Waals surface area contributed by atoms with Crippen LogP contribution in [0, 0.1) is 0 Å². The highest BCUT2D eigenvalue weighted by molar-refractivity contribution is 9.10. The Morgan fingerprint density at radius 2 is 2.14 bits per heavy atom. The van der Waals surface area contributed by atoms with Crippen LogP contribution in [0.1, 0.15) is 19.0 Å². The monoisotopic (exact) mass is 343 g/mol. The average Bonchev–Trinajstić information content (AvgIpc) is 2.47. The zero-order chi connectivity index (χ0) is 14.8. The third kappa shape index (κ3) is 2.74. The van der Waals surface area contributed by atoms with Crippen LogP contribution in [0.3, 0.4) is 0 Å². The summed E-state index contributed by atoms with van der Waals surface area (Å²) in [5.74, 6) is 0.571. The summed E-state index contributed by atoms with van der Waals surface area (Å²) in [5.41, 5.74) is 2.34. The van der Waals surface area contributed by atoms with Crippen LogP contribution in [0.25, 0.3) is 22.3 Å². The smallest absolute Gasteiger partial charge is 0.251 e. The molecule has 0 radical (unpaired) electrons. The topological polar surface area (TPSA) is 58.6 Å². The van der Waals surface area contributed by atoms with Gasteiger partial charge >= 0.3 is 0 Å². The molecule has 21 heavy (non-hydrogen) atoms. The lowest BCUT2D eigenvalue weighted by molar-refractivity contribution is 0.870. The SMILES string of the molecule is CCCc1cc(=O)[nH]c(-c2ccc(Br)c3cccnc23)n1. The van der Waals surface area contributed by atoms with Gasteiger partial charge in [-0.25, -0.2) is 4.98 Å². The summed E-state index contributed by atoms with van der Waals surface area (Å²) in [5, 5.41) is 0.999. The van der Waals surface area contributed by atoms with E-state index < -0.39 is 0 Å². The lowest BCUT2D eigenvalue weighted by Crippen LogP contribution is -2.10. The van der Waals surface area contributed by atoms with Crippen molar-refractivity contribution < 1.29 is 0 Å². The first-order valence-corrected chi connectivity index (χ1v) is 7.62. The second-order valence-electron chi connectivity index (χ2n) is 4.83. The fraction of sp³-hybridized carbons (Fsp3) is 0.188. The van der Waals surface area contributed by atoms with Gasteiger partial charge < -0.3 is 4.98 Å². The van der Waals surface area contributed by atoms with Crippen LogP contribution < -0.4 is 5.56 Å². The first-order valence-electron chi connectivity index (χ1n) is 6.83. The van der Waals surface area contributed by atoms with E-state index in [4.69, 9.17) is 0 Å². The van der Waals surface area contributed by atoms with Gasteiger partial charge in [0.25, 0.3) is 5.56 Å². The van der Waals surface area contributed by atoms with Gasteiger partial charge in [0, 0.05) is 33.4 Å². The third-order valence-electron chi connectivity index (χ3n) is 3.27. The van der Waals surface area contributed by atoms with Gasteiger partial charge in [0.05, 0.1) is 5.52 Å². The van der Waals surface area contributed by atoms with Gasteiger partial charge in [-0.2, -0.15) is 0 Å². The van der Waals surface area contributed by atoms with E-state index in [9.17, 15) is 4.79 Å². The highest BCUT2D eigenvalue weighted by atomic mass is 79.9. The predicted octanol–water partition coefficient (Wildman–Crippen LogP) is 3.70. The van der Waals surface area contributed by atoms with Crippen LogP contribution in [0.4, 0.5) is 0 Å². The van der Waals surface area contributed by atoms with Crippen LogP contribution in [0.2, 0.25) is 0 Å². The van der Waals surface area contributed by atoms with Gasteiger partial charge in [0.15, 0.2) is 0 Å². The lowest BCUT2D eigenvalue weighted by atomic mass is 10.1. The van der Waals surface area contributed by atoms with Crippen LogP contribution in [0.5, 0.6) is 0 Å². The maximum atomic E-state index is 11.8. The van der Waals surface area contributed by atoms with Gasteiger partial charge in [0.2, 0.25) is 0 Å². The highest BCUT2D eigenvalue weighted by Gasteiger charge is 2.10. The van der Waals surface area contributed by atoms with Gasteiger partial charge in [-0.05, 0) is 24.6 Å². The molecule has 0 aliphatic carbocycles. The number of nitrogens with zero attached hydrogens (tertiary/aromatic N) is 2. The van der Waals surface area contributed by atoms with Crippen molar-refractivity contribution in [2.75, 3.05) is 0 Å². The Morgan fingerprint density at radius 3 is 2.95 bits per heavy atom. The largest absolute Gasteiger partial charge is 0.306 e. The van der Waals surface area contributed by atoms with Gasteiger partial charge in [-0.3, -0.25) is 9.78 Å². The Labute approximate surface area is 130 Å². The standard InChI is InChI=1S/C16H14BrN3O/c1-2-4-10-9-14(21)20-16(19-10)12-6-7-13(17)11-5-3-8-18-15(11)12/h3,5-9H,2,4H2,1H3,(H,19,20,21). The van der Waals surface area contributed by atoms with Gasteiger partial charge in [0.1, 0.15) is 5.82 Å². The maximum absolute atomic E-state index is 11.8. The number of hydrogen-bond donors (Lipinski definition) is 1. The fourth-order valence-electron chi connectivity index (χ4n) is 2.35. The van der Waals surface area contributed by atoms with Crippen molar-refractivity contribution in [3.8, 4) is 11.4 Å². The van der Waals surface area contributed by atoms with Crippen molar-refractivity contribution in [2.24, 2.45) is 0 Å². The predicted molar refractivity (Wildman–Crippen MR) is 87.3 cm³/mol. The van der Waals surface area contributed by atoms with E-state index in [1.54, 1.807) is 12.3 Å². The molecule has 0 saturated heterocycles. The summed E-state index contributed by atoms with van der Waals surface area (Å²) >= 11 is 3.53. The van der Waals surface area contributed by atoms with E-state index in [0.29, 0.717) is 5.82 Å². The summed E-state index contributed by atoms with van der Waals surface area (Å²) < 4.78 is 0.974. The van der Waals surface area contributed by atoms with Crippen LogP contribution >= 0.6 is 15.9 Å². The molecule has 1 N–H and O–H groups in total. The van der Waals surface area contributed by atoms with E-state index in [1.165, 1.54) is 0 Å². The van der Waals surface area contributed by atoms with E-state index in [-0.39, 0.29) is 5.56 Å². The molecule has 106 valence electrons. The molecule has 0 aliphatic heterocycles. The van der Waals surface area contributed by atoms with E-state index in [0.717, 1.165) is 39.5 Å². The molecule has 2 heterocycles. The minimum Gasteiger partial charge on any atom is -0.306 e. The van der Waals surface area contributed by atoms with Gasteiger partial charge in [-0.1, -0.05) is 35.3 Å². The molecule has 0 atom stereocenters. The number of rotatable bonds is 3. The molecule has 0 fully saturated rings. The summed E-state index contributed by atoms with van der Waals surface area (Å²) in [7, 11) is 0. The summed E-state index contributed by atoms with van der Waals surface area (Å²) in [6.45, 7) is 2.07. The van der Waals surface area contributed by atoms with E-state index >= 15 is 0 Å². The number of aromatic amines is 1. The van der Waals surface area contributed by atoms with Gasteiger partial charge in [-0.15, -0.1) is 0 Å². The van der Waals surface area contributed by atoms with E-state index in [2.05, 4.69) is 37.8 Å². The fourth-order valence-corrected chi connectivity index (χ4v) is 2.80. The van der Waals surface area contributed by atoms with Crippen LogP contribution in [-0.2, 0) is 6.42 Å². The highest BCUT2D eigenvalue weighted by Crippen LogP contribution is 2.29. The van der Waals surface area contributed by atoms with Crippen LogP contribution in [-0.4, -0.2) is 15.0 Å². The van der Waals surface area contributed by atoms with Crippen molar-refractivity contribution in [3.05, 3.63) is 57.0 Å². The third-order valence-corrected chi connectivity index (χ3v) is 3.96. The Kier molecular flexibility index (Phi) is 3.84. The second kappa shape index (κ2) is 5.77. The molecule has 3 aromatic rings. The summed E-state index contributed by atoms with van der Waals surface area (Å²) in [6.07, 6.45) is 3.49. The van der Waals surface area contributed by atoms with Crippen molar-refractivity contribution in [3.63, 3.8) is 0 Å². The summed E-state index contributed by atoms with van der Waals surface area (Å²) in [6, 6.07) is 9.31. The van der Waals surface area contributed by atoms with Crippen molar-refractivity contribution >= 4 is 26.8 Å². The molecule has 0 amide bonds. The Bertz CT molecular complexity index is 858. The minimum atomic E-state index is -0.129. The second-order valence-corrected chi connectivity index (χ2v) is 5.68. The Hall–Kier alpha value is -2.01. The molecule has 0 unspecified atom stereocenters. The number of fused-ring (bicyclic) bond motifs is 1. The number of hydrogen-bond acceptors (Lipinski definition) is 3. The molecule has 0 spiro atoms. The lowest BCUT2D eigenvalue weighted by Gasteiger charge is -2.08. The number of benzene rings is 1. The molecule has 0 bridgehead atoms. The van der Waals surface area contributed by atoms with Crippen molar-refractivity contribution in [1.82, 2.24) is 15.0 Å². The molecule has 3 rings (SSSR count). The molecule has 5 heteroatoms. The first kappa shape index (κ1) is 13.9. The van der Waals surface area contributed by atoms with E-state index in [1.807, 2.05) is 24.3 Å². The number of aromatic nitrogens is 3. The minimum absolute atomic E-state index is 0.129. The van der Waals surface area contributed by atoms with Crippen LogP contribution in [0.15, 0.2) is 45.8 Å². The first-order chi connectivity index (χ1) is 10.2. The number of pyridine rings is 1. The number of nitrogens with one attached hydrogen (secondary N) is 1. The molecule has 2 aromatic heterocycles. The molecule has 0 aliphatic rings. The number of aryl methyl sites for hydroxylation is 1. The molecular formula is C16H14BrN3O. The maximum Gasteiger partial charge on any atom is 0.251 e. The van der Waals surface area contributed by atoms with Crippen molar-refractivity contribution in [2.45, 2.75) is 19.8 Å². The number of H-pyrrole nitrogens is 1. The summed E-state index contributed by atoms with van der Waals surface area (Å²) in [4.78, 5) is 23.6. The van der Waals surface area contributed by atoms with Crippen molar-refractivity contribution in [1.29, 1.82) is 0 Å². The molecule has 4 nitrogen and oxygen atoms in total. The number of halogens is 1. The zero-order valence-electron chi connectivity index (χ0n) is 11.6.